The Morgan fingerprint density at radius 3 is 1.82 bits per heavy atom. The van der Waals surface area contributed by atoms with Crippen molar-refractivity contribution in [2.75, 3.05) is 0 Å². The average Bonchev–Trinajstić information content (AvgIpc) is 2.73. The molecule has 2 aliphatic rings. The van der Waals surface area contributed by atoms with E-state index in [2.05, 4.69) is 60.6 Å². The van der Waals surface area contributed by atoms with Crippen LogP contribution in [-0.4, -0.2) is 10.2 Å². The van der Waals surface area contributed by atoms with Crippen LogP contribution in [0.1, 0.15) is 122 Å². The smallest absolute Gasteiger partial charge is 0.127 e. The molecule has 184 valence electrons. The van der Waals surface area contributed by atoms with E-state index in [1.54, 1.807) is 0 Å². The van der Waals surface area contributed by atoms with Crippen molar-refractivity contribution in [1.29, 1.82) is 0 Å². The Balaban J connectivity index is 2.21. The van der Waals surface area contributed by atoms with Crippen molar-refractivity contribution in [3.8, 4) is 11.5 Å². The van der Waals surface area contributed by atoms with Gasteiger partial charge in [0.1, 0.15) is 11.5 Å². The van der Waals surface area contributed by atoms with Gasteiger partial charge in [0.2, 0.25) is 0 Å². The van der Waals surface area contributed by atoms with Gasteiger partial charge in [0.15, 0.2) is 0 Å². The molecule has 0 aromatic heterocycles. The Bertz CT molecular complexity index is 873. The zero-order chi connectivity index (χ0) is 24.3. The largest absolute Gasteiger partial charge is 0.507 e. The summed E-state index contributed by atoms with van der Waals surface area (Å²) >= 11 is 0. The number of benzene rings is 1. The van der Waals surface area contributed by atoms with E-state index in [0.29, 0.717) is 35.2 Å². The quantitative estimate of drug-likeness (QED) is 0.305. The number of unbranched alkanes of at least 4 members (excludes halogenated alkanes) is 2. The summed E-state index contributed by atoms with van der Waals surface area (Å²) in [5.74, 6) is 2.99. The second-order valence-electron chi connectivity index (χ2n) is 11.7. The predicted octanol–water partition coefficient (Wildman–Crippen LogP) is 9.02. The summed E-state index contributed by atoms with van der Waals surface area (Å²) in [5, 5.41) is 23.3. The van der Waals surface area contributed by atoms with E-state index in [-0.39, 0.29) is 11.8 Å². The second-order valence-corrected chi connectivity index (χ2v) is 11.7. The molecule has 0 amide bonds. The van der Waals surface area contributed by atoms with Crippen molar-refractivity contribution in [3.05, 3.63) is 46.1 Å². The van der Waals surface area contributed by atoms with Gasteiger partial charge < -0.3 is 10.2 Å². The molecule has 2 heteroatoms. The fourth-order valence-electron chi connectivity index (χ4n) is 6.48. The van der Waals surface area contributed by atoms with E-state index in [4.69, 9.17) is 0 Å². The molecule has 0 heterocycles. The van der Waals surface area contributed by atoms with Gasteiger partial charge in [0.05, 0.1) is 0 Å². The number of phenolic OH excluding ortho intramolecular Hbond substituents is 2. The molecule has 3 rings (SSSR count). The second kappa shape index (κ2) is 11.2. The first-order valence-electron chi connectivity index (χ1n) is 13.6. The Morgan fingerprint density at radius 2 is 1.33 bits per heavy atom. The van der Waals surface area contributed by atoms with Gasteiger partial charge in [-0.25, -0.2) is 0 Å². The summed E-state index contributed by atoms with van der Waals surface area (Å²) < 4.78 is 0. The van der Waals surface area contributed by atoms with Gasteiger partial charge in [-0.15, -0.1) is 0 Å². The number of aryl methyl sites for hydroxylation is 1. The summed E-state index contributed by atoms with van der Waals surface area (Å²) in [6, 6.07) is 2.02. The number of allylic oxidation sites excluding steroid dienone is 4. The highest BCUT2D eigenvalue weighted by Gasteiger charge is 2.36. The number of hydrogen-bond donors (Lipinski definition) is 2. The molecule has 33 heavy (non-hydrogen) atoms. The van der Waals surface area contributed by atoms with Crippen molar-refractivity contribution >= 4 is 0 Å². The molecule has 0 saturated carbocycles. The highest BCUT2D eigenvalue weighted by atomic mass is 16.3. The number of aromatic hydroxyl groups is 2. The lowest BCUT2D eigenvalue weighted by Gasteiger charge is -2.37. The topological polar surface area (TPSA) is 40.5 Å². The fraction of sp³-hybridized carbons (Fsp3) is 0.677. The predicted molar refractivity (Wildman–Crippen MR) is 141 cm³/mol. The molecule has 0 aliphatic heterocycles. The van der Waals surface area contributed by atoms with Crippen LogP contribution in [0.4, 0.5) is 0 Å². The molecule has 2 N–H and O–H groups in total. The van der Waals surface area contributed by atoms with Crippen molar-refractivity contribution < 1.29 is 10.2 Å². The molecule has 2 unspecified atom stereocenters. The van der Waals surface area contributed by atoms with E-state index < -0.39 is 0 Å². The third kappa shape index (κ3) is 5.69. The Hall–Kier alpha value is -1.70. The van der Waals surface area contributed by atoms with Crippen molar-refractivity contribution in [3.63, 3.8) is 0 Å². The molecule has 0 spiro atoms. The SMILES string of the molecule is CCCCCc1cc(O)c(C2C=C(C)CC[C@H]2C(C)C)c(O)c1C1C=C(C)CC[C@H]1C(C)C. The maximum Gasteiger partial charge on any atom is 0.127 e. The van der Waals surface area contributed by atoms with Crippen LogP contribution in [-0.2, 0) is 6.42 Å². The Kier molecular flexibility index (Phi) is 8.76. The van der Waals surface area contributed by atoms with Crippen molar-refractivity contribution in [2.24, 2.45) is 23.7 Å². The van der Waals surface area contributed by atoms with Crippen LogP contribution in [0, 0.1) is 23.7 Å². The molecule has 1 aromatic rings. The fourth-order valence-corrected chi connectivity index (χ4v) is 6.48. The molecule has 2 aliphatic carbocycles. The molecule has 0 saturated heterocycles. The van der Waals surface area contributed by atoms with Crippen molar-refractivity contribution in [1.82, 2.24) is 0 Å². The lowest BCUT2D eigenvalue weighted by Crippen LogP contribution is -2.24. The van der Waals surface area contributed by atoms with Crippen LogP contribution in [0.3, 0.4) is 0 Å². The molecular formula is C31H48O2. The standard InChI is InChI=1S/C31H48O2/c1-8-9-10-11-23-18-28(32)30(27-17-22(7)13-15-25(27)20(4)5)31(33)29(23)26-16-21(6)12-14-24(26)19(2)3/h16-20,24-27,32-33H,8-15H2,1-7H3/t24-,25-,26?,27?/m0/s1. The minimum atomic E-state index is 0.0772. The maximum atomic E-state index is 12.0. The molecule has 2 nitrogen and oxygen atoms in total. The third-order valence-corrected chi connectivity index (χ3v) is 8.47. The molecule has 1 aromatic carbocycles. The summed E-state index contributed by atoms with van der Waals surface area (Å²) in [6.45, 7) is 15.9. The zero-order valence-corrected chi connectivity index (χ0v) is 22.2. The van der Waals surface area contributed by atoms with Crippen LogP contribution >= 0.6 is 0 Å². The maximum absolute atomic E-state index is 12.0. The summed E-state index contributed by atoms with van der Waals surface area (Å²) in [7, 11) is 0. The van der Waals surface area contributed by atoms with Crippen LogP contribution in [0.5, 0.6) is 11.5 Å². The summed E-state index contributed by atoms with van der Waals surface area (Å²) in [4.78, 5) is 0. The zero-order valence-electron chi connectivity index (χ0n) is 22.2. The molecule has 0 bridgehead atoms. The third-order valence-electron chi connectivity index (χ3n) is 8.47. The van der Waals surface area contributed by atoms with Crippen LogP contribution in [0.25, 0.3) is 0 Å². The molecule has 0 fully saturated rings. The van der Waals surface area contributed by atoms with Crippen LogP contribution in [0.15, 0.2) is 29.4 Å². The Labute approximate surface area is 203 Å². The molecule has 0 radical (unpaired) electrons. The van der Waals surface area contributed by atoms with E-state index in [1.807, 2.05) is 6.07 Å². The number of phenols is 2. The van der Waals surface area contributed by atoms with Gasteiger partial charge in [-0.3, -0.25) is 0 Å². The average molecular weight is 453 g/mol. The molecule has 4 atom stereocenters. The van der Waals surface area contributed by atoms with Gasteiger partial charge >= 0.3 is 0 Å². The monoisotopic (exact) mass is 452 g/mol. The molecular weight excluding hydrogens is 404 g/mol. The van der Waals surface area contributed by atoms with E-state index >= 15 is 0 Å². The van der Waals surface area contributed by atoms with Gasteiger partial charge in [-0.2, -0.15) is 0 Å². The van der Waals surface area contributed by atoms with Crippen molar-refractivity contribution in [2.45, 2.75) is 112 Å². The summed E-state index contributed by atoms with van der Waals surface area (Å²) in [6.07, 6.45) is 13.7. The van der Waals surface area contributed by atoms with E-state index in [0.717, 1.165) is 48.8 Å². The first kappa shape index (κ1) is 25.9. The van der Waals surface area contributed by atoms with Gasteiger partial charge in [-0.05, 0) is 87.7 Å². The first-order valence-corrected chi connectivity index (χ1v) is 13.6. The van der Waals surface area contributed by atoms with Crippen LogP contribution in [0.2, 0.25) is 0 Å². The van der Waals surface area contributed by atoms with Gasteiger partial charge in [0, 0.05) is 23.0 Å². The lowest BCUT2D eigenvalue weighted by atomic mass is 9.68. The first-order chi connectivity index (χ1) is 15.6. The number of rotatable bonds is 8. The summed E-state index contributed by atoms with van der Waals surface area (Å²) in [5.41, 5.74) is 5.84. The number of hydrogen-bond acceptors (Lipinski definition) is 2. The van der Waals surface area contributed by atoms with Crippen LogP contribution < -0.4 is 0 Å². The van der Waals surface area contributed by atoms with E-state index in [9.17, 15) is 10.2 Å². The normalized spacial score (nSPS) is 26.0. The minimum absolute atomic E-state index is 0.0772. The minimum Gasteiger partial charge on any atom is -0.507 e. The highest BCUT2D eigenvalue weighted by Crippen LogP contribution is 2.52. The van der Waals surface area contributed by atoms with Gasteiger partial charge in [0.25, 0.3) is 0 Å². The van der Waals surface area contributed by atoms with E-state index in [1.165, 1.54) is 30.4 Å². The Morgan fingerprint density at radius 1 is 0.818 bits per heavy atom. The lowest BCUT2D eigenvalue weighted by molar-refractivity contribution is 0.295. The van der Waals surface area contributed by atoms with Gasteiger partial charge in [-0.1, -0.05) is 70.8 Å². The highest BCUT2D eigenvalue weighted by molar-refractivity contribution is 5.59.